The number of nitrogens with zero attached hydrogens (tertiary/aromatic N) is 2. The lowest BCUT2D eigenvalue weighted by Gasteiger charge is -2.03. The van der Waals surface area contributed by atoms with Gasteiger partial charge in [0, 0.05) is 10.8 Å². The van der Waals surface area contributed by atoms with Crippen LogP contribution in [0.4, 0.5) is 0 Å². The molecule has 122 valence electrons. The number of allylic oxidation sites excluding steroid dienone is 1. The average molecular weight is 318 g/mol. The molecule has 0 aliphatic rings. The molecule has 4 nitrogen and oxygen atoms in total. The van der Waals surface area contributed by atoms with Gasteiger partial charge in [0.05, 0.1) is 23.4 Å². The van der Waals surface area contributed by atoms with E-state index >= 15 is 0 Å². The highest BCUT2D eigenvalue weighted by atomic mass is 15.1. The Bertz CT molecular complexity index is 975. The molecule has 4 rings (SSSR count). The van der Waals surface area contributed by atoms with Crippen molar-refractivity contribution in [3.05, 3.63) is 66.5 Å². The van der Waals surface area contributed by atoms with Gasteiger partial charge in [-0.15, -0.1) is 0 Å². The van der Waals surface area contributed by atoms with E-state index in [1.54, 1.807) is 0 Å². The van der Waals surface area contributed by atoms with Gasteiger partial charge in [-0.05, 0) is 48.2 Å². The fraction of sp³-hybridized carbons (Fsp3) is 0.200. The van der Waals surface area contributed by atoms with E-state index in [-0.39, 0.29) is 0 Å². The van der Waals surface area contributed by atoms with Gasteiger partial charge in [0.25, 0.3) is 0 Å². The zero-order valence-electron chi connectivity index (χ0n) is 14.3. The van der Waals surface area contributed by atoms with Crippen molar-refractivity contribution in [3.8, 4) is 0 Å². The van der Waals surface area contributed by atoms with Gasteiger partial charge in [0.2, 0.25) is 0 Å². The molecule has 2 aromatic heterocycles. The first-order chi connectivity index (χ1) is 11.5. The summed E-state index contributed by atoms with van der Waals surface area (Å²) in [6, 6.07) is 12.6. The van der Waals surface area contributed by atoms with Crippen molar-refractivity contribution >= 4 is 27.4 Å². The monoisotopic (exact) mass is 318 g/mol. The van der Waals surface area contributed by atoms with E-state index in [4.69, 9.17) is 0 Å². The van der Waals surface area contributed by atoms with Crippen molar-refractivity contribution in [2.45, 2.75) is 26.7 Å². The lowest BCUT2D eigenvalue weighted by Crippen LogP contribution is -1.85. The van der Waals surface area contributed by atoms with Crippen LogP contribution in [0.5, 0.6) is 0 Å². The molecule has 0 radical (unpaired) electrons. The van der Waals surface area contributed by atoms with Crippen LogP contribution in [0.3, 0.4) is 0 Å². The van der Waals surface area contributed by atoms with E-state index in [0.717, 1.165) is 22.0 Å². The molecule has 4 aromatic rings. The molecular weight excluding hydrogens is 296 g/mol. The Morgan fingerprint density at radius 2 is 1.50 bits per heavy atom. The van der Waals surface area contributed by atoms with Gasteiger partial charge < -0.3 is 0 Å². The van der Waals surface area contributed by atoms with Gasteiger partial charge >= 0.3 is 0 Å². The smallest absolute Gasteiger partial charge is 0.0650 e. The zero-order valence-corrected chi connectivity index (χ0v) is 14.3. The molecule has 0 saturated carbocycles. The number of hydrogen-bond acceptors (Lipinski definition) is 2. The van der Waals surface area contributed by atoms with Crippen LogP contribution < -0.4 is 0 Å². The highest BCUT2D eigenvalue weighted by Crippen LogP contribution is 2.19. The average Bonchev–Trinajstić information content (AvgIpc) is 3.22. The van der Waals surface area contributed by atoms with Crippen molar-refractivity contribution in [2.24, 2.45) is 0 Å². The molecular formula is C20H22N4. The SMILES string of the molecule is C=C(C)c1ccc2[nH]ncc2c1.CC(C)c1ccc2[nH]ncc2c1. The first-order valence-corrected chi connectivity index (χ1v) is 8.06. The number of aromatic nitrogens is 4. The minimum atomic E-state index is 0.587. The van der Waals surface area contributed by atoms with Gasteiger partial charge in [-0.2, -0.15) is 10.2 Å². The Hall–Kier alpha value is -2.88. The summed E-state index contributed by atoms with van der Waals surface area (Å²) in [5.41, 5.74) is 5.80. The Morgan fingerprint density at radius 3 is 2.08 bits per heavy atom. The summed E-state index contributed by atoms with van der Waals surface area (Å²) in [6.07, 6.45) is 3.68. The number of H-pyrrole nitrogens is 2. The molecule has 0 spiro atoms. The lowest BCUT2D eigenvalue weighted by molar-refractivity contribution is 0.869. The number of rotatable bonds is 2. The minimum absolute atomic E-state index is 0.587. The van der Waals surface area contributed by atoms with Crippen molar-refractivity contribution in [2.75, 3.05) is 0 Å². The topological polar surface area (TPSA) is 57.4 Å². The molecule has 0 saturated heterocycles. The van der Waals surface area contributed by atoms with Gasteiger partial charge in [0.1, 0.15) is 0 Å². The summed E-state index contributed by atoms with van der Waals surface area (Å²) >= 11 is 0. The van der Waals surface area contributed by atoms with Crippen LogP contribution in [0.25, 0.3) is 27.4 Å². The summed E-state index contributed by atoms with van der Waals surface area (Å²) in [5.74, 6) is 0.587. The normalized spacial score (nSPS) is 10.8. The van der Waals surface area contributed by atoms with Crippen LogP contribution in [0.15, 0.2) is 55.4 Å². The van der Waals surface area contributed by atoms with Crippen LogP contribution in [0.2, 0.25) is 0 Å². The van der Waals surface area contributed by atoms with E-state index in [2.05, 4.69) is 65.1 Å². The summed E-state index contributed by atoms with van der Waals surface area (Å²) in [5, 5.41) is 16.1. The van der Waals surface area contributed by atoms with Crippen molar-refractivity contribution < 1.29 is 0 Å². The molecule has 0 bridgehead atoms. The third kappa shape index (κ3) is 3.38. The third-order valence-corrected chi connectivity index (χ3v) is 4.06. The first-order valence-electron chi connectivity index (χ1n) is 8.06. The highest BCUT2D eigenvalue weighted by molar-refractivity contribution is 5.82. The Balaban J connectivity index is 0.000000141. The Kier molecular flexibility index (Phi) is 4.47. The predicted octanol–water partition coefficient (Wildman–Crippen LogP) is 5.28. The first kappa shape index (κ1) is 16.0. The van der Waals surface area contributed by atoms with Crippen molar-refractivity contribution in [1.82, 2.24) is 20.4 Å². The summed E-state index contributed by atoms with van der Waals surface area (Å²) < 4.78 is 0. The van der Waals surface area contributed by atoms with Crippen LogP contribution in [-0.2, 0) is 0 Å². The molecule has 0 amide bonds. The van der Waals surface area contributed by atoms with E-state index in [0.29, 0.717) is 5.92 Å². The van der Waals surface area contributed by atoms with Crippen LogP contribution in [0.1, 0.15) is 37.8 Å². The van der Waals surface area contributed by atoms with E-state index < -0.39 is 0 Å². The van der Waals surface area contributed by atoms with Crippen LogP contribution in [0, 0.1) is 0 Å². The molecule has 24 heavy (non-hydrogen) atoms. The van der Waals surface area contributed by atoms with Crippen LogP contribution in [-0.4, -0.2) is 20.4 Å². The van der Waals surface area contributed by atoms with E-state index in [1.807, 2.05) is 31.5 Å². The Labute approximate surface area is 141 Å². The number of fused-ring (bicyclic) bond motifs is 2. The lowest BCUT2D eigenvalue weighted by atomic mass is 10.0. The van der Waals surface area contributed by atoms with Gasteiger partial charge in [-0.3, -0.25) is 10.2 Å². The molecule has 2 aromatic carbocycles. The van der Waals surface area contributed by atoms with Crippen molar-refractivity contribution in [1.29, 1.82) is 0 Å². The molecule has 0 fully saturated rings. The zero-order chi connectivity index (χ0) is 17.1. The highest BCUT2D eigenvalue weighted by Gasteiger charge is 2.00. The fourth-order valence-electron chi connectivity index (χ4n) is 2.53. The minimum Gasteiger partial charge on any atom is -0.278 e. The van der Waals surface area contributed by atoms with Crippen LogP contribution >= 0.6 is 0 Å². The molecule has 2 N–H and O–H groups in total. The second kappa shape index (κ2) is 6.71. The predicted molar refractivity (Wildman–Crippen MR) is 101 cm³/mol. The quantitative estimate of drug-likeness (QED) is 0.528. The number of nitrogens with one attached hydrogen (secondary N) is 2. The second-order valence-corrected chi connectivity index (χ2v) is 6.32. The molecule has 2 heterocycles. The fourth-order valence-corrected chi connectivity index (χ4v) is 2.53. The van der Waals surface area contributed by atoms with Gasteiger partial charge in [-0.25, -0.2) is 0 Å². The van der Waals surface area contributed by atoms with Gasteiger partial charge in [0.15, 0.2) is 0 Å². The molecule has 0 aliphatic heterocycles. The maximum Gasteiger partial charge on any atom is 0.0650 e. The maximum absolute atomic E-state index is 3.98. The van der Waals surface area contributed by atoms with E-state index in [1.165, 1.54) is 16.5 Å². The summed E-state index contributed by atoms with van der Waals surface area (Å²) in [4.78, 5) is 0. The summed E-state index contributed by atoms with van der Waals surface area (Å²) in [6.45, 7) is 10.3. The second-order valence-electron chi connectivity index (χ2n) is 6.32. The molecule has 0 unspecified atom stereocenters. The standard InChI is InChI=1S/C10H12N2.C10H10N2/c2*1-7(2)8-3-4-10-9(5-8)6-11-12-10/h3-7H,1-2H3,(H,11,12);3-6H,1H2,2H3,(H,11,12). The molecule has 4 heteroatoms. The van der Waals surface area contributed by atoms with Gasteiger partial charge in [-0.1, -0.05) is 38.1 Å². The molecule has 0 atom stereocenters. The maximum atomic E-state index is 3.98. The molecule has 0 aliphatic carbocycles. The third-order valence-electron chi connectivity index (χ3n) is 4.06. The number of aromatic amines is 2. The summed E-state index contributed by atoms with van der Waals surface area (Å²) in [7, 11) is 0. The number of hydrogen-bond donors (Lipinski definition) is 2. The Morgan fingerprint density at radius 1 is 0.917 bits per heavy atom. The largest absolute Gasteiger partial charge is 0.278 e. The van der Waals surface area contributed by atoms with E-state index in [9.17, 15) is 0 Å². The van der Waals surface area contributed by atoms with Crippen molar-refractivity contribution in [3.63, 3.8) is 0 Å². The number of benzene rings is 2.